The van der Waals surface area contributed by atoms with Crippen LogP contribution in [0.15, 0.2) is 6.20 Å². The number of fused-ring (bicyclic) bond motifs is 1. The van der Waals surface area contributed by atoms with Crippen LogP contribution in [0.3, 0.4) is 0 Å². The van der Waals surface area contributed by atoms with Gasteiger partial charge in [0.1, 0.15) is 5.82 Å². The number of nitrogens with zero attached hydrogens (tertiary/aromatic N) is 3. The van der Waals surface area contributed by atoms with Gasteiger partial charge in [-0.05, 0) is 19.8 Å². The number of hydrogen-bond donors (Lipinski definition) is 4. The number of H-pyrrole nitrogens is 1. The molecule has 1 saturated carbocycles. The zero-order chi connectivity index (χ0) is 13.9. The minimum atomic E-state index is -0.197. The van der Waals surface area contributed by atoms with E-state index in [4.69, 9.17) is 0 Å². The van der Waals surface area contributed by atoms with Gasteiger partial charge in [0.05, 0.1) is 17.7 Å². The Labute approximate surface area is 117 Å². The molecule has 0 spiro atoms. The molecule has 0 aliphatic heterocycles. The minimum absolute atomic E-state index is 0.197. The Morgan fingerprint density at radius 1 is 1.35 bits per heavy atom. The lowest BCUT2D eigenvalue weighted by molar-refractivity contribution is 0.138. The van der Waals surface area contributed by atoms with Crippen molar-refractivity contribution in [2.24, 2.45) is 5.92 Å². The minimum Gasteiger partial charge on any atom is -0.393 e. The second kappa shape index (κ2) is 5.62. The van der Waals surface area contributed by atoms with Crippen molar-refractivity contribution in [2.45, 2.75) is 32.3 Å². The first kappa shape index (κ1) is 13.1. The molecule has 0 saturated heterocycles. The normalized spacial score (nSPS) is 22.3. The Bertz CT molecular complexity index is 583. The number of rotatable bonds is 5. The highest BCUT2D eigenvalue weighted by molar-refractivity contribution is 5.86. The van der Waals surface area contributed by atoms with E-state index in [0.717, 1.165) is 43.6 Å². The third kappa shape index (κ3) is 2.53. The molecule has 7 heteroatoms. The quantitative estimate of drug-likeness (QED) is 0.658. The molecule has 7 nitrogen and oxygen atoms in total. The third-order valence-corrected chi connectivity index (χ3v) is 3.80. The first-order valence-corrected chi connectivity index (χ1v) is 7.15. The maximum absolute atomic E-state index is 9.88. The van der Waals surface area contributed by atoms with E-state index in [9.17, 15) is 5.11 Å². The van der Waals surface area contributed by atoms with Crippen LogP contribution in [0.2, 0.25) is 0 Å². The first-order chi connectivity index (χ1) is 9.78. The van der Waals surface area contributed by atoms with Gasteiger partial charge >= 0.3 is 0 Å². The van der Waals surface area contributed by atoms with Crippen LogP contribution in [0.4, 0.5) is 11.8 Å². The summed E-state index contributed by atoms with van der Waals surface area (Å²) < 4.78 is 0. The van der Waals surface area contributed by atoms with Crippen LogP contribution in [0.5, 0.6) is 0 Å². The van der Waals surface area contributed by atoms with E-state index in [1.54, 1.807) is 6.20 Å². The summed E-state index contributed by atoms with van der Waals surface area (Å²) in [4.78, 5) is 8.82. The summed E-state index contributed by atoms with van der Waals surface area (Å²) in [5.41, 5.74) is 0.713. The maximum atomic E-state index is 9.88. The van der Waals surface area contributed by atoms with E-state index in [1.165, 1.54) is 0 Å². The van der Waals surface area contributed by atoms with Crippen LogP contribution >= 0.6 is 0 Å². The highest BCUT2D eigenvalue weighted by Gasteiger charge is 2.25. The molecule has 0 aromatic carbocycles. The van der Waals surface area contributed by atoms with E-state index in [2.05, 4.69) is 30.8 Å². The molecule has 1 aliphatic rings. The van der Waals surface area contributed by atoms with Gasteiger partial charge in [0.25, 0.3) is 0 Å². The zero-order valence-corrected chi connectivity index (χ0v) is 11.6. The lowest BCUT2D eigenvalue weighted by Gasteiger charge is -2.16. The monoisotopic (exact) mass is 276 g/mol. The van der Waals surface area contributed by atoms with Crippen molar-refractivity contribution in [3.63, 3.8) is 0 Å². The smallest absolute Gasteiger partial charge is 0.226 e. The van der Waals surface area contributed by atoms with Crippen LogP contribution in [-0.2, 0) is 0 Å². The topological polar surface area (TPSA) is 98.8 Å². The standard InChI is InChI=1S/C13H20N6O/c1-2-14-13-17-11(9-7-16-19-12(9)18-13)15-6-8-4-3-5-10(8)20/h7-8,10,20H,2-6H2,1H3,(H3,14,15,16,17,18,19). The van der Waals surface area contributed by atoms with Crippen molar-refractivity contribution in [2.75, 3.05) is 23.7 Å². The van der Waals surface area contributed by atoms with Crippen LogP contribution in [0.1, 0.15) is 26.2 Å². The van der Waals surface area contributed by atoms with E-state index in [0.29, 0.717) is 17.5 Å². The van der Waals surface area contributed by atoms with Gasteiger partial charge in [0, 0.05) is 19.0 Å². The fraction of sp³-hybridized carbons (Fsp3) is 0.615. The van der Waals surface area contributed by atoms with Gasteiger partial charge in [-0.15, -0.1) is 0 Å². The molecule has 1 aliphatic carbocycles. The van der Waals surface area contributed by atoms with Gasteiger partial charge in [0.15, 0.2) is 5.65 Å². The summed E-state index contributed by atoms with van der Waals surface area (Å²) >= 11 is 0. The number of aromatic amines is 1. The molecule has 2 atom stereocenters. The van der Waals surface area contributed by atoms with E-state index in [-0.39, 0.29) is 6.10 Å². The maximum Gasteiger partial charge on any atom is 0.226 e. The van der Waals surface area contributed by atoms with Crippen LogP contribution in [0, 0.1) is 5.92 Å². The van der Waals surface area contributed by atoms with Gasteiger partial charge in [-0.1, -0.05) is 6.42 Å². The molecular formula is C13H20N6O. The predicted octanol–water partition coefficient (Wildman–Crippen LogP) is 1.36. The molecule has 108 valence electrons. The average Bonchev–Trinajstić information content (AvgIpc) is 3.05. The molecule has 0 bridgehead atoms. The Hall–Kier alpha value is -1.89. The van der Waals surface area contributed by atoms with Gasteiger partial charge in [0.2, 0.25) is 5.95 Å². The number of aliphatic hydroxyl groups excluding tert-OH is 1. The Morgan fingerprint density at radius 3 is 3.00 bits per heavy atom. The van der Waals surface area contributed by atoms with Gasteiger partial charge in [-0.25, -0.2) is 0 Å². The summed E-state index contributed by atoms with van der Waals surface area (Å²) in [6.45, 7) is 3.49. The second-order valence-corrected chi connectivity index (χ2v) is 5.20. The second-order valence-electron chi connectivity index (χ2n) is 5.20. The largest absolute Gasteiger partial charge is 0.393 e. The van der Waals surface area contributed by atoms with Crippen molar-refractivity contribution in [1.82, 2.24) is 20.2 Å². The Morgan fingerprint density at radius 2 is 2.25 bits per heavy atom. The summed E-state index contributed by atoms with van der Waals surface area (Å²) in [6, 6.07) is 0. The molecule has 2 unspecified atom stereocenters. The van der Waals surface area contributed by atoms with Crippen molar-refractivity contribution in [1.29, 1.82) is 0 Å². The van der Waals surface area contributed by atoms with Gasteiger partial charge in [-0.3, -0.25) is 5.10 Å². The van der Waals surface area contributed by atoms with Crippen LogP contribution in [0.25, 0.3) is 11.0 Å². The van der Waals surface area contributed by atoms with Gasteiger partial charge < -0.3 is 15.7 Å². The lowest BCUT2D eigenvalue weighted by atomic mass is 10.1. The Kier molecular flexibility index (Phi) is 3.68. The number of anilines is 2. The summed E-state index contributed by atoms with van der Waals surface area (Å²) in [5, 5.41) is 24.1. The van der Waals surface area contributed by atoms with Crippen LogP contribution in [-0.4, -0.2) is 44.5 Å². The number of nitrogens with one attached hydrogen (secondary N) is 3. The van der Waals surface area contributed by atoms with E-state index in [1.807, 2.05) is 6.92 Å². The van der Waals surface area contributed by atoms with Gasteiger partial charge in [-0.2, -0.15) is 15.1 Å². The molecule has 4 N–H and O–H groups in total. The molecule has 3 rings (SSSR count). The fourth-order valence-electron chi connectivity index (χ4n) is 2.69. The fourth-order valence-corrected chi connectivity index (χ4v) is 2.69. The van der Waals surface area contributed by atoms with Crippen molar-refractivity contribution < 1.29 is 5.11 Å². The third-order valence-electron chi connectivity index (χ3n) is 3.80. The molecule has 2 heterocycles. The van der Waals surface area contributed by atoms with Crippen molar-refractivity contribution >= 4 is 22.8 Å². The zero-order valence-electron chi connectivity index (χ0n) is 11.6. The highest BCUT2D eigenvalue weighted by Crippen LogP contribution is 2.27. The van der Waals surface area contributed by atoms with E-state index >= 15 is 0 Å². The van der Waals surface area contributed by atoms with Crippen LogP contribution < -0.4 is 10.6 Å². The van der Waals surface area contributed by atoms with Crippen molar-refractivity contribution in [3.8, 4) is 0 Å². The summed E-state index contributed by atoms with van der Waals surface area (Å²) in [7, 11) is 0. The summed E-state index contributed by atoms with van der Waals surface area (Å²) in [6.07, 6.45) is 4.59. The highest BCUT2D eigenvalue weighted by atomic mass is 16.3. The molecule has 20 heavy (non-hydrogen) atoms. The predicted molar refractivity (Wildman–Crippen MR) is 77.7 cm³/mol. The number of aromatic nitrogens is 4. The molecular weight excluding hydrogens is 256 g/mol. The SMILES string of the molecule is CCNc1nc(NCC2CCCC2O)c2cn[nH]c2n1. The molecule has 2 aromatic rings. The first-order valence-electron chi connectivity index (χ1n) is 7.15. The molecule has 0 amide bonds. The van der Waals surface area contributed by atoms with Crippen molar-refractivity contribution in [3.05, 3.63) is 6.20 Å². The summed E-state index contributed by atoms with van der Waals surface area (Å²) in [5.74, 6) is 1.65. The number of aliphatic hydroxyl groups is 1. The molecule has 0 radical (unpaired) electrons. The van der Waals surface area contributed by atoms with E-state index < -0.39 is 0 Å². The lowest BCUT2D eigenvalue weighted by Crippen LogP contribution is -2.22. The Balaban J connectivity index is 1.80. The molecule has 2 aromatic heterocycles. The molecule has 1 fully saturated rings. The number of hydrogen-bond acceptors (Lipinski definition) is 6. The average molecular weight is 276 g/mol.